The van der Waals surface area contributed by atoms with Gasteiger partial charge in [0.1, 0.15) is 5.82 Å². The second-order valence-corrected chi connectivity index (χ2v) is 3.84. The Balaban J connectivity index is 2.28. The van der Waals surface area contributed by atoms with Crippen LogP contribution in [0.4, 0.5) is 4.39 Å². The molecule has 1 rings (SSSR count). The fourth-order valence-corrected chi connectivity index (χ4v) is 1.47. The molecular weight excluding hydrogens is 221 g/mol. The smallest absolute Gasteiger partial charge is 0.123 e. The summed E-state index contributed by atoms with van der Waals surface area (Å²) in [6.07, 6.45) is 1.00. The molecule has 2 N–H and O–H groups in total. The highest BCUT2D eigenvalue weighted by molar-refractivity contribution is 5.24. The molecular formula is C13H20FNO2. The molecule has 0 unspecified atom stereocenters. The number of rotatable bonds is 8. The van der Waals surface area contributed by atoms with E-state index >= 15 is 0 Å². The molecule has 0 aromatic heterocycles. The fourth-order valence-electron chi connectivity index (χ4n) is 1.47. The molecule has 1 aromatic rings. The van der Waals surface area contributed by atoms with Gasteiger partial charge in [-0.1, -0.05) is 13.0 Å². The third-order valence-corrected chi connectivity index (χ3v) is 2.24. The molecule has 4 heteroatoms. The minimum atomic E-state index is -0.270. The van der Waals surface area contributed by atoms with Crippen LogP contribution in [0, 0.1) is 5.82 Å². The average molecular weight is 241 g/mol. The Morgan fingerprint density at radius 3 is 2.47 bits per heavy atom. The normalized spacial score (nSPS) is 10.8. The summed E-state index contributed by atoms with van der Waals surface area (Å²) in [4.78, 5) is 0. The third kappa shape index (κ3) is 5.77. The highest BCUT2D eigenvalue weighted by Gasteiger charge is 2.00. The van der Waals surface area contributed by atoms with Gasteiger partial charge in [-0.2, -0.15) is 0 Å². The van der Waals surface area contributed by atoms with Crippen molar-refractivity contribution in [1.82, 2.24) is 0 Å². The topological polar surface area (TPSA) is 44.5 Å². The summed E-state index contributed by atoms with van der Waals surface area (Å²) in [7, 11) is 0. The second kappa shape index (κ2) is 8.17. The molecule has 0 spiro atoms. The van der Waals surface area contributed by atoms with Crippen molar-refractivity contribution >= 4 is 0 Å². The molecule has 0 fully saturated rings. The van der Waals surface area contributed by atoms with Crippen LogP contribution in [-0.4, -0.2) is 19.8 Å². The Kier molecular flexibility index (Phi) is 6.77. The molecule has 0 aliphatic carbocycles. The van der Waals surface area contributed by atoms with Gasteiger partial charge in [-0.25, -0.2) is 4.39 Å². The summed E-state index contributed by atoms with van der Waals surface area (Å²) in [6.45, 7) is 4.63. The van der Waals surface area contributed by atoms with E-state index in [2.05, 4.69) is 6.92 Å². The van der Waals surface area contributed by atoms with E-state index in [1.54, 1.807) is 0 Å². The van der Waals surface area contributed by atoms with E-state index in [4.69, 9.17) is 15.2 Å². The Morgan fingerprint density at radius 2 is 1.76 bits per heavy atom. The number of hydrogen-bond acceptors (Lipinski definition) is 3. The van der Waals surface area contributed by atoms with Crippen LogP contribution in [0.5, 0.6) is 0 Å². The van der Waals surface area contributed by atoms with Crippen LogP contribution in [0.3, 0.4) is 0 Å². The Hall–Kier alpha value is -0.970. The van der Waals surface area contributed by atoms with E-state index in [9.17, 15) is 4.39 Å². The second-order valence-electron chi connectivity index (χ2n) is 3.84. The fraction of sp³-hybridized carbons (Fsp3) is 0.538. The van der Waals surface area contributed by atoms with Gasteiger partial charge in [0.05, 0.1) is 19.8 Å². The van der Waals surface area contributed by atoms with Crippen molar-refractivity contribution in [2.45, 2.75) is 26.5 Å². The first-order valence-electron chi connectivity index (χ1n) is 5.90. The molecule has 0 saturated carbocycles. The van der Waals surface area contributed by atoms with Crippen molar-refractivity contribution in [3.05, 3.63) is 35.1 Å². The summed E-state index contributed by atoms with van der Waals surface area (Å²) in [5.41, 5.74) is 7.06. The average Bonchev–Trinajstić information content (AvgIpc) is 2.33. The lowest BCUT2D eigenvalue weighted by atomic mass is 10.1. The maximum atomic E-state index is 13.2. The van der Waals surface area contributed by atoms with Crippen molar-refractivity contribution in [3.63, 3.8) is 0 Å². The van der Waals surface area contributed by atoms with E-state index in [1.165, 1.54) is 12.1 Å². The zero-order chi connectivity index (χ0) is 12.5. The summed E-state index contributed by atoms with van der Waals surface area (Å²) in [6, 6.07) is 4.76. The Morgan fingerprint density at radius 1 is 1.06 bits per heavy atom. The molecule has 0 aliphatic heterocycles. The molecule has 0 aliphatic rings. The van der Waals surface area contributed by atoms with E-state index < -0.39 is 0 Å². The molecule has 0 amide bonds. The van der Waals surface area contributed by atoms with Gasteiger partial charge in [0, 0.05) is 13.2 Å². The predicted molar refractivity (Wildman–Crippen MR) is 65.1 cm³/mol. The van der Waals surface area contributed by atoms with E-state index in [0.29, 0.717) is 26.4 Å². The van der Waals surface area contributed by atoms with Gasteiger partial charge in [0.2, 0.25) is 0 Å². The predicted octanol–water partition coefficient (Wildman–Crippen LogP) is 2.23. The lowest BCUT2D eigenvalue weighted by molar-refractivity contribution is 0.0407. The first kappa shape index (κ1) is 14.1. The molecule has 17 heavy (non-hydrogen) atoms. The number of ether oxygens (including phenoxy) is 2. The monoisotopic (exact) mass is 241 g/mol. The number of halogens is 1. The van der Waals surface area contributed by atoms with Crippen molar-refractivity contribution in [2.75, 3.05) is 19.8 Å². The van der Waals surface area contributed by atoms with E-state index in [0.717, 1.165) is 24.2 Å². The zero-order valence-corrected chi connectivity index (χ0v) is 10.2. The van der Waals surface area contributed by atoms with Gasteiger partial charge in [-0.15, -0.1) is 0 Å². The van der Waals surface area contributed by atoms with Crippen LogP contribution in [0.15, 0.2) is 18.2 Å². The number of hydrogen-bond donors (Lipinski definition) is 1. The highest BCUT2D eigenvalue weighted by atomic mass is 19.1. The van der Waals surface area contributed by atoms with E-state index in [-0.39, 0.29) is 5.82 Å². The van der Waals surface area contributed by atoms with Crippen molar-refractivity contribution in [1.29, 1.82) is 0 Å². The van der Waals surface area contributed by atoms with E-state index in [1.807, 2.05) is 6.07 Å². The van der Waals surface area contributed by atoms with Crippen LogP contribution < -0.4 is 5.73 Å². The van der Waals surface area contributed by atoms with Crippen molar-refractivity contribution in [2.24, 2.45) is 5.73 Å². The minimum absolute atomic E-state index is 0.270. The Labute approximate surface area is 102 Å². The first-order valence-corrected chi connectivity index (χ1v) is 5.90. The molecule has 0 bridgehead atoms. The van der Waals surface area contributed by atoms with Gasteiger partial charge in [-0.05, 0) is 29.7 Å². The highest BCUT2D eigenvalue weighted by Crippen LogP contribution is 2.09. The molecule has 0 heterocycles. The molecule has 96 valence electrons. The molecule has 0 atom stereocenters. The minimum Gasteiger partial charge on any atom is -0.379 e. The SMILES string of the molecule is CCCOCCOCc1cc(F)cc(CN)c1. The molecule has 0 radical (unpaired) electrons. The number of nitrogens with two attached hydrogens (primary N) is 1. The van der Waals surface area contributed by atoms with Crippen LogP contribution in [-0.2, 0) is 22.6 Å². The van der Waals surface area contributed by atoms with Crippen LogP contribution in [0.2, 0.25) is 0 Å². The zero-order valence-electron chi connectivity index (χ0n) is 10.2. The van der Waals surface area contributed by atoms with Crippen molar-refractivity contribution < 1.29 is 13.9 Å². The van der Waals surface area contributed by atoms with Gasteiger partial charge < -0.3 is 15.2 Å². The lowest BCUT2D eigenvalue weighted by Crippen LogP contribution is -2.05. The third-order valence-electron chi connectivity index (χ3n) is 2.24. The maximum absolute atomic E-state index is 13.2. The Bertz CT molecular complexity index is 331. The van der Waals surface area contributed by atoms with Gasteiger partial charge in [-0.3, -0.25) is 0 Å². The lowest BCUT2D eigenvalue weighted by Gasteiger charge is -2.07. The first-order chi connectivity index (χ1) is 8.26. The summed E-state index contributed by atoms with van der Waals surface area (Å²) in [5, 5.41) is 0. The quantitative estimate of drug-likeness (QED) is 0.710. The van der Waals surface area contributed by atoms with Gasteiger partial charge in [0.15, 0.2) is 0 Å². The summed E-state index contributed by atoms with van der Waals surface area (Å²) in [5.74, 6) is -0.270. The molecule has 0 saturated heterocycles. The van der Waals surface area contributed by atoms with Crippen LogP contribution in [0.1, 0.15) is 24.5 Å². The molecule has 1 aromatic carbocycles. The van der Waals surface area contributed by atoms with Crippen molar-refractivity contribution in [3.8, 4) is 0 Å². The molecule has 3 nitrogen and oxygen atoms in total. The summed E-state index contributed by atoms with van der Waals surface area (Å²) >= 11 is 0. The maximum Gasteiger partial charge on any atom is 0.123 e. The number of benzene rings is 1. The summed E-state index contributed by atoms with van der Waals surface area (Å²) < 4.78 is 23.8. The largest absolute Gasteiger partial charge is 0.379 e. The van der Waals surface area contributed by atoms with Gasteiger partial charge in [0.25, 0.3) is 0 Å². The van der Waals surface area contributed by atoms with Crippen LogP contribution >= 0.6 is 0 Å². The standard InChI is InChI=1S/C13H20FNO2/c1-2-3-16-4-5-17-10-12-6-11(9-15)7-13(14)8-12/h6-8H,2-5,9-10,15H2,1H3. The van der Waals surface area contributed by atoms with Gasteiger partial charge >= 0.3 is 0 Å². The van der Waals surface area contributed by atoms with Crippen LogP contribution in [0.25, 0.3) is 0 Å².